The van der Waals surface area contributed by atoms with Gasteiger partial charge in [0.15, 0.2) is 0 Å². The lowest BCUT2D eigenvalue weighted by Gasteiger charge is -1.99. The third kappa shape index (κ3) is 7.75. The molecule has 0 unspecified atom stereocenters. The molecule has 14 heavy (non-hydrogen) atoms. The highest BCUT2D eigenvalue weighted by Crippen LogP contribution is 2.09. The largest absolute Gasteiger partial charge is 0.298 e. The Bertz CT molecular complexity index is 192. The first kappa shape index (κ1) is 13.1. The molecule has 0 aromatic carbocycles. The summed E-state index contributed by atoms with van der Waals surface area (Å²) in [5.41, 5.74) is 0.364. The SMILES string of the molecule is [CH2]CCCCCCCCC([C]=N)=C=O. The molecule has 0 aromatic heterocycles. The van der Waals surface area contributed by atoms with Crippen molar-refractivity contribution in [2.75, 3.05) is 0 Å². The van der Waals surface area contributed by atoms with Gasteiger partial charge >= 0.3 is 0 Å². The molecule has 0 fully saturated rings. The minimum absolute atomic E-state index is 0.364. The lowest BCUT2D eigenvalue weighted by atomic mass is 10.1. The summed E-state index contributed by atoms with van der Waals surface area (Å²) >= 11 is 0. The summed E-state index contributed by atoms with van der Waals surface area (Å²) in [5, 5.41) is 6.77. The Balaban J connectivity index is 3.21. The Kier molecular flexibility index (Phi) is 9.56. The van der Waals surface area contributed by atoms with E-state index in [0.29, 0.717) is 12.0 Å². The van der Waals surface area contributed by atoms with Crippen LogP contribution < -0.4 is 0 Å². The Labute approximate surface area is 86.9 Å². The summed E-state index contributed by atoms with van der Waals surface area (Å²) in [7, 11) is 0. The van der Waals surface area contributed by atoms with Crippen molar-refractivity contribution < 1.29 is 4.79 Å². The van der Waals surface area contributed by atoms with Crippen LogP contribution in [0, 0.1) is 12.3 Å². The average molecular weight is 193 g/mol. The predicted octanol–water partition coefficient (Wildman–Crippen LogP) is 3.23. The van der Waals surface area contributed by atoms with Crippen molar-refractivity contribution in [3.05, 3.63) is 12.5 Å². The molecule has 0 bridgehead atoms. The summed E-state index contributed by atoms with van der Waals surface area (Å²) < 4.78 is 0. The number of rotatable bonds is 9. The van der Waals surface area contributed by atoms with Gasteiger partial charge in [-0.25, -0.2) is 4.79 Å². The van der Waals surface area contributed by atoms with Crippen LogP contribution in [0.4, 0.5) is 0 Å². The van der Waals surface area contributed by atoms with Crippen LogP contribution in [0.1, 0.15) is 51.4 Å². The van der Waals surface area contributed by atoms with E-state index in [1.54, 1.807) is 5.94 Å². The van der Waals surface area contributed by atoms with Crippen molar-refractivity contribution in [1.82, 2.24) is 0 Å². The molecule has 78 valence electrons. The van der Waals surface area contributed by atoms with Crippen molar-refractivity contribution in [1.29, 1.82) is 5.41 Å². The number of unbranched alkanes of at least 4 members (excludes halogenated alkanes) is 6. The summed E-state index contributed by atoms with van der Waals surface area (Å²) in [6.45, 7) is 3.79. The van der Waals surface area contributed by atoms with Crippen LogP contribution in [0.2, 0.25) is 0 Å². The Morgan fingerprint density at radius 3 is 2.14 bits per heavy atom. The van der Waals surface area contributed by atoms with Gasteiger partial charge in [0.25, 0.3) is 0 Å². The molecular formula is C12H19NO. The summed E-state index contributed by atoms with van der Waals surface area (Å²) in [5.74, 6) is 1.72. The van der Waals surface area contributed by atoms with Gasteiger partial charge in [-0.2, -0.15) is 0 Å². The van der Waals surface area contributed by atoms with Crippen LogP contribution in [-0.2, 0) is 4.79 Å². The van der Waals surface area contributed by atoms with Crippen molar-refractivity contribution in [2.24, 2.45) is 0 Å². The van der Waals surface area contributed by atoms with E-state index in [1.807, 2.05) is 0 Å². The fourth-order valence-corrected chi connectivity index (χ4v) is 1.32. The minimum Gasteiger partial charge on any atom is -0.298 e. The minimum atomic E-state index is 0.364. The Hall–Kier alpha value is -0.880. The van der Waals surface area contributed by atoms with Gasteiger partial charge in [0, 0.05) is 0 Å². The third-order valence-electron chi connectivity index (χ3n) is 2.20. The van der Waals surface area contributed by atoms with Crippen LogP contribution in [0.3, 0.4) is 0 Å². The maximum atomic E-state index is 10.2. The molecule has 0 aliphatic rings. The molecule has 0 aliphatic carbocycles. The molecule has 0 amide bonds. The van der Waals surface area contributed by atoms with E-state index in [9.17, 15) is 4.79 Å². The van der Waals surface area contributed by atoms with Gasteiger partial charge < -0.3 is 0 Å². The van der Waals surface area contributed by atoms with Gasteiger partial charge in [-0.3, -0.25) is 5.41 Å². The van der Waals surface area contributed by atoms with Gasteiger partial charge in [-0.05, 0) is 12.8 Å². The van der Waals surface area contributed by atoms with Crippen molar-refractivity contribution in [2.45, 2.75) is 51.4 Å². The molecule has 0 aliphatic heterocycles. The number of hydrogen-bond acceptors (Lipinski definition) is 2. The maximum absolute atomic E-state index is 10.2. The Morgan fingerprint density at radius 2 is 1.64 bits per heavy atom. The highest BCUT2D eigenvalue weighted by atomic mass is 16.1. The van der Waals surface area contributed by atoms with Crippen LogP contribution in [0.15, 0.2) is 5.57 Å². The highest BCUT2D eigenvalue weighted by Gasteiger charge is 1.95. The number of carbonyl (C=O) groups excluding carboxylic acids is 1. The monoisotopic (exact) mass is 193 g/mol. The van der Waals surface area contributed by atoms with Crippen molar-refractivity contribution >= 4 is 12.2 Å². The van der Waals surface area contributed by atoms with Gasteiger partial charge in [0.1, 0.15) is 5.94 Å². The quantitative estimate of drug-likeness (QED) is 0.341. The molecule has 0 spiro atoms. The summed E-state index contributed by atoms with van der Waals surface area (Å²) in [6.07, 6.45) is 10.8. The number of nitrogens with one attached hydrogen (secondary N) is 1. The zero-order valence-corrected chi connectivity index (χ0v) is 8.77. The first-order valence-electron chi connectivity index (χ1n) is 5.31. The van der Waals surface area contributed by atoms with E-state index in [0.717, 1.165) is 19.3 Å². The number of allylic oxidation sites excluding steroid dienone is 1. The van der Waals surface area contributed by atoms with E-state index >= 15 is 0 Å². The normalized spacial score (nSPS) is 9.50. The smallest absolute Gasteiger partial charge is 0.130 e. The molecule has 2 heteroatoms. The topological polar surface area (TPSA) is 40.9 Å². The first-order chi connectivity index (χ1) is 6.85. The lowest BCUT2D eigenvalue weighted by Crippen LogP contribution is -1.86. The highest BCUT2D eigenvalue weighted by molar-refractivity contribution is 5.86. The van der Waals surface area contributed by atoms with Crippen LogP contribution >= 0.6 is 0 Å². The zero-order valence-electron chi connectivity index (χ0n) is 8.77. The second-order valence-corrected chi connectivity index (χ2v) is 3.43. The van der Waals surface area contributed by atoms with Gasteiger partial charge in [-0.15, -0.1) is 0 Å². The standard InChI is InChI=1S/C12H19NO/c1-2-3-4-5-6-7-8-9-12(10-13)11-14/h13H,1-9H2. The summed E-state index contributed by atoms with van der Waals surface area (Å²) in [4.78, 5) is 10.2. The Morgan fingerprint density at radius 1 is 1.07 bits per heavy atom. The molecule has 1 N–H and O–H groups in total. The van der Waals surface area contributed by atoms with E-state index in [4.69, 9.17) is 5.41 Å². The van der Waals surface area contributed by atoms with Crippen LogP contribution in [-0.4, -0.2) is 12.2 Å². The molecular weight excluding hydrogens is 174 g/mol. The van der Waals surface area contributed by atoms with Gasteiger partial charge in [0.05, 0.1) is 11.8 Å². The van der Waals surface area contributed by atoms with E-state index in [2.05, 4.69) is 13.1 Å². The number of hydrogen-bond donors (Lipinski definition) is 1. The summed E-state index contributed by atoms with van der Waals surface area (Å²) in [6, 6.07) is 0. The van der Waals surface area contributed by atoms with E-state index < -0.39 is 0 Å². The fourth-order valence-electron chi connectivity index (χ4n) is 1.32. The van der Waals surface area contributed by atoms with Gasteiger partial charge in [0.2, 0.25) is 0 Å². The van der Waals surface area contributed by atoms with Crippen LogP contribution in [0.25, 0.3) is 0 Å². The van der Waals surface area contributed by atoms with E-state index in [1.165, 1.54) is 25.7 Å². The molecule has 0 atom stereocenters. The van der Waals surface area contributed by atoms with Gasteiger partial charge in [-0.1, -0.05) is 45.4 Å². The van der Waals surface area contributed by atoms with Crippen LogP contribution in [0.5, 0.6) is 0 Å². The maximum Gasteiger partial charge on any atom is 0.130 e. The predicted molar refractivity (Wildman–Crippen MR) is 59.2 cm³/mol. The van der Waals surface area contributed by atoms with Crippen molar-refractivity contribution in [3.63, 3.8) is 0 Å². The average Bonchev–Trinajstić information content (AvgIpc) is 2.22. The zero-order chi connectivity index (χ0) is 10.6. The van der Waals surface area contributed by atoms with Crippen molar-refractivity contribution in [3.8, 4) is 0 Å². The lowest BCUT2D eigenvalue weighted by molar-refractivity contribution is 0.565. The fraction of sp³-hybridized carbons (Fsp3) is 0.667. The molecule has 0 saturated heterocycles. The molecule has 0 heterocycles. The second kappa shape index (κ2) is 10.2. The molecule has 0 rings (SSSR count). The molecule has 0 saturated carbocycles. The van der Waals surface area contributed by atoms with E-state index in [-0.39, 0.29) is 0 Å². The molecule has 2 nitrogen and oxygen atoms in total. The second-order valence-electron chi connectivity index (χ2n) is 3.43. The third-order valence-corrected chi connectivity index (χ3v) is 2.20. The molecule has 0 aromatic rings. The molecule has 2 radical (unpaired) electrons. The first-order valence-corrected chi connectivity index (χ1v) is 5.31.